The maximum Gasteiger partial charge on any atom is 0.293 e. The predicted octanol–water partition coefficient (Wildman–Crippen LogP) is 5.56. The van der Waals surface area contributed by atoms with E-state index in [9.17, 15) is 9.59 Å². The Bertz CT molecular complexity index is 1290. The van der Waals surface area contributed by atoms with Gasteiger partial charge in [-0.05, 0) is 61.4 Å². The quantitative estimate of drug-likeness (QED) is 0.448. The lowest BCUT2D eigenvalue weighted by molar-refractivity contribution is 0.0999. The monoisotopic (exact) mass is 414 g/mol. The van der Waals surface area contributed by atoms with E-state index in [0.29, 0.717) is 33.7 Å². The molecule has 6 nitrogen and oxygen atoms in total. The topological polar surface area (TPSA) is 80.6 Å². The van der Waals surface area contributed by atoms with Crippen LogP contribution < -0.4 is 15.4 Å². The molecule has 0 aliphatic carbocycles. The molecule has 156 valence electrons. The third-order valence-electron chi connectivity index (χ3n) is 5.16. The van der Waals surface area contributed by atoms with Gasteiger partial charge in [-0.25, -0.2) is 0 Å². The average molecular weight is 414 g/mol. The highest BCUT2D eigenvalue weighted by Crippen LogP contribution is 2.33. The minimum Gasteiger partial charge on any atom is -0.495 e. The van der Waals surface area contributed by atoms with Crippen molar-refractivity contribution in [3.63, 3.8) is 0 Å². The van der Waals surface area contributed by atoms with Crippen LogP contribution in [-0.2, 0) is 0 Å². The van der Waals surface area contributed by atoms with E-state index in [4.69, 9.17) is 9.15 Å². The first-order valence-corrected chi connectivity index (χ1v) is 9.82. The summed E-state index contributed by atoms with van der Waals surface area (Å²) in [6.07, 6.45) is 0. The standard InChI is InChI=1S/C25H22N2O4/c1-15-12-13-17(14-16(15)2)24(28)27-22-18-8-4-6-10-20(18)31-23(22)25(29)26-19-9-5-7-11-21(19)30-3/h4-14H,1-3H3,(H,26,29)(H,27,28). The molecule has 0 saturated carbocycles. The fraction of sp³-hybridized carbons (Fsp3) is 0.120. The highest BCUT2D eigenvalue weighted by atomic mass is 16.5. The summed E-state index contributed by atoms with van der Waals surface area (Å²) in [6.45, 7) is 3.94. The minimum atomic E-state index is -0.490. The Balaban J connectivity index is 1.71. The molecule has 0 unspecified atom stereocenters. The van der Waals surface area contributed by atoms with Gasteiger partial charge in [0.15, 0.2) is 0 Å². The lowest BCUT2D eigenvalue weighted by Gasteiger charge is -2.10. The Hall–Kier alpha value is -4.06. The molecular formula is C25H22N2O4. The van der Waals surface area contributed by atoms with Crippen molar-refractivity contribution in [3.05, 3.63) is 89.2 Å². The van der Waals surface area contributed by atoms with Crippen LogP contribution in [0.15, 0.2) is 71.1 Å². The Morgan fingerprint density at radius 2 is 1.58 bits per heavy atom. The zero-order chi connectivity index (χ0) is 22.0. The van der Waals surface area contributed by atoms with E-state index in [1.54, 1.807) is 36.4 Å². The number of ether oxygens (including phenoxy) is 1. The van der Waals surface area contributed by atoms with Crippen molar-refractivity contribution in [2.45, 2.75) is 13.8 Å². The number of fused-ring (bicyclic) bond motifs is 1. The molecule has 0 bridgehead atoms. The molecule has 31 heavy (non-hydrogen) atoms. The fourth-order valence-corrected chi connectivity index (χ4v) is 3.32. The number of amides is 2. The normalized spacial score (nSPS) is 10.7. The molecule has 1 heterocycles. The zero-order valence-electron chi connectivity index (χ0n) is 17.5. The number of carbonyl (C=O) groups is 2. The first-order valence-electron chi connectivity index (χ1n) is 9.82. The average Bonchev–Trinajstić information content (AvgIpc) is 3.14. The van der Waals surface area contributed by atoms with Gasteiger partial charge in [0.25, 0.3) is 11.8 Å². The van der Waals surface area contributed by atoms with E-state index < -0.39 is 5.91 Å². The second kappa shape index (κ2) is 8.36. The molecule has 4 aromatic rings. The summed E-state index contributed by atoms with van der Waals surface area (Å²) in [7, 11) is 1.53. The van der Waals surface area contributed by atoms with E-state index in [1.165, 1.54) is 7.11 Å². The SMILES string of the molecule is COc1ccccc1NC(=O)c1oc2ccccc2c1NC(=O)c1ccc(C)c(C)c1. The summed E-state index contributed by atoms with van der Waals surface area (Å²) in [5.74, 6) is -0.269. The van der Waals surface area contributed by atoms with Crippen LogP contribution in [0.1, 0.15) is 32.0 Å². The number of benzene rings is 3. The van der Waals surface area contributed by atoms with Crippen LogP contribution in [0.2, 0.25) is 0 Å². The lowest BCUT2D eigenvalue weighted by atomic mass is 10.1. The van der Waals surface area contributed by atoms with Crippen molar-refractivity contribution >= 4 is 34.2 Å². The van der Waals surface area contributed by atoms with Crippen LogP contribution in [0.25, 0.3) is 11.0 Å². The fourth-order valence-electron chi connectivity index (χ4n) is 3.32. The van der Waals surface area contributed by atoms with Crippen LogP contribution in [0.3, 0.4) is 0 Å². The van der Waals surface area contributed by atoms with Crippen LogP contribution in [-0.4, -0.2) is 18.9 Å². The van der Waals surface area contributed by atoms with E-state index >= 15 is 0 Å². The first-order chi connectivity index (χ1) is 15.0. The number of rotatable bonds is 5. The number of furan rings is 1. The van der Waals surface area contributed by atoms with Gasteiger partial charge in [0.05, 0.1) is 12.8 Å². The molecular weight excluding hydrogens is 392 g/mol. The van der Waals surface area contributed by atoms with Gasteiger partial charge in [-0.2, -0.15) is 0 Å². The van der Waals surface area contributed by atoms with Crippen molar-refractivity contribution in [2.24, 2.45) is 0 Å². The van der Waals surface area contributed by atoms with Crippen LogP contribution in [0.4, 0.5) is 11.4 Å². The number of carbonyl (C=O) groups excluding carboxylic acids is 2. The van der Waals surface area contributed by atoms with Gasteiger partial charge in [-0.3, -0.25) is 9.59 Å². The summed E-state index contributed by atoms with van der Waals surface area (Å²) >= 11 is 0. The molecule has 0 saturated heterocycles. The molecule has 0 fully saturated rings. The Kier molecular flexibility index (Phi) is 5.45. The van der Waals surface area contributed by atoms with Gasteiger partial charge in [-0.1, -0.05) is 30.3 Å². The number of aryl methyl sites for hydroxylation is 2. The molecule has 0 radical (unpaired) electrons. The molecule has 0 aliphatic rings. The smallest absolute Gasteiger partial charge is 0.293 e. The summed E-state index contributed by atoms with van der Waals surface area (Å²) < 4.78 is 11.1. The van der Waals surface area contributed by atoms with E-state index in [1.807, 2.05) is 44.2 Å². The van der Waals surface area contributed by atoms with Gasteiger partial charge in [0.1, 0.15) is 17.0 Å². The summed E-state index contributed by atoms with van der Waals surface area (Å²) in [5.41, 5.74) is 3.95. The van der Waals surface area contributed by atoms with Gasteiger partial charge < -0.3 is 19.8 Å². The number of nitrogens with one attached hydrogen (secondary N) is 2. The zero-order valence-corrected chi connectivity index (χ0v) is 17.5. The molecule has 4 rings (SSSR count). The minimum absolute atomic E-state index is 0.0179. The van der Waals surface area contributed by atoms with Gasteiger partial charge in [0, 0.05) is 10.9 Å². The van der Waals surface area contributed by atoms with Crippen molar-refractivity contribution < 1.29 is 18.7 Å². The van der Waals surface area contributed by atoms with Crippen molar-refractivity contribution in [3.8, 4) is 5.75 Å². The predicted molar refractivity (Wildman–Crippen MR) is 121 cm³/mol. The maximum atomic E-state index is 13.1. The van der Waals surface area contributed by atoms with Crippen molar-refractivity contribution in [1.82, 2.24) is 0 Å². The van der Waals surface area contributed by atoms with E-state index in [2.05, 4.69) is 10.6 Å². The molecule has 2 amide bonds. The molecule has 2 N–H and O–H groups in total. The molecule has 0 atom stereocenters. The highest BCUT2D eigenvalue weighted by Gasteiger charge is 2.23. The largest absolute Gasteiger partial charge is 0.495 e. The van der Waals surface area contributed by atoms with Crippen molar-refractivity contribution in [2.75, 3.05) is 17.7 Å². The molecule has 0 spiro atoms. The molecule has 3 aromatic carbocycles. The van der Waals surface area contributed by atoms with Crippen LogP contribution in [0, 0.1) is 13.8 Å². The number of methoxy groups -OCH3 is 1. The Morgan fingerprint density at radius 3 is 2.35 bits per heavy atom. The van der Waals surface area contributed by atoms with Crippen LogP contribution in [0.5, 0.6) is 5.75 Å². The number of hydrogen-bond acceptors (Lipinski definition) is 4. The van der Waals surface area contributed by atoms with E-state index in [-0.39, 0.29) is 11.7 Å². The third-order valence-corrected chi connectivity index (χ3v) is 5.16. The summed E-state index contributed by atoms with van der Waals surface area (Å²) in [5, 5.41) is 6.31. The van der Waals surface area contributed by atoms with Crippen molar-refractivity contribution in [1.29, 1.82) is 0 Å². The summed E-state index contributed by atoms with van der Waals surface area (Å²) in [4.78, 5) is 26.0. The molecule has 6 heteroatoms. The molecule has 1 aromatic heterocycles. The van der Waals surface area contributed by atoms with Gasteiger partial charge in [0.2, 0.25) is 5.76 Å². The first kappa shape index (κ1) is 20.2. The second-order valence-corrected chi connectivity index (χ2v) is 7.21. The molecule has 0 aliphatic heterocycles. The second-order valence-electron chi connectivity index (χ2n) is 7.21. The van der Waals surface area contributed by atoms with Crippen LogP contribution >= 0.6 is 0 Å². The van der Waals surface area contributed by atoms with Gasteiger partial charge >= 0.3 is 0 Å². The highest BCUT2D eigenvalue weighted by molar-refractivity contribution is 6.17. The van der Waals surface area contributed by atoms with E-state index in [0.717, 1.165) is 11.1 Å². The third kappa shape index (κ3) is 4.00. The Morgan fingerprint density at radius 1 is 0.839 bits per heavy atom. The maximum absolute atomic E-state index is 13.1. The lowest BCUT2D eigenvalue weighted by Crippen LogP contribution is -2.17. The number of anilines is 2. The Labute approximate surface area is 179 Å². The van der Waals surface area contributed by atoms with Gasteiger partial charge in [-0.15, -0.1) is 0 Å². The summed E-state index contributed by atoms with van der Waals surface area (Å²) in [6, 6.07) is 19.7. The number of para-hydroxylation sites is 3. The number of hydrogen-bond donors (Lipinski definition) is 2.